The third-order valence-corrected chi connectivity index (χ3v) is 5.39. The van der Waals surface area contributed by atoms with E-state index in [4.69, 9.17) is 5.11 Å². The molecular formula is C23H26N2O2. The molecule has 0 atom stereocenters. The first-order chi connectivity index (χ1) is 12.6. The molecule has 1 aliphatic rings. The van der Waals surface area contributed by atoms with E-state index in [-0.39, 0.29) is 11.1 Å². The molecule has 0 fully saturated rings. The third-order valence-electron chi connectivity index (χ3n) is 5.39. The Bertz CT molecular complexity index is 984. The Morgan fingerprint density at radius 2 is 1.81 bits per heavy atom. The number of rotatable bonds is 3. The van der Waals surface area contributed by atoms with Gasteiger partial charge >= 0.3 is 5.97 Å². The average Bonchev–Trinajstić information content (AvgIpc) is 2.58. The van der Waals surface area contributed by atoms with E-state index >= 15 is 0 Å². The van der Waals surface area contributed by atoms with Crippen molar-refractivity contribution in [3.8, 4) is 0 Å². The second-order valence-corrected chi connectivity index (χ2v) is 7.83. The Kier molecular flexibility index (Phi) is 4.68. The Morgan fingerprint density at radius 1 is 1.11 bits per heavy atom. The molecular weight excluding hydrogens is 336 g/mol. The lowest BCUT2D eigenvalue weighted by Crippen LogP contribution is -2.42. The molecule has 0 saturated heterocycles. The number of allylic oxidation sites excluding steroid dienone is 1. The van der Waals surface area contributed by atoms with Crippen LogP contribution in [0.1, 0.15) is 53.4 Å². The predicted molar refractivity (Wildman–Crippen MR) is 113 cm³/mol. The predicted octanol–water partition coefficient (Wildman–Crippen LogP) is 5.38. The number of carboxylic acids is 1. The lowest BCUT2D eigenvalue weighted by atomic mass is 9.87. The van der Waals surface area contributed by atoms with Crippen molar-refractivity contribution in [1.82, 2.24) is 0 Å². The molecule has 3 rings (SSSR count). The van der Waals surface area contributed by atoms with E-state index in [1.54, 1.807) is 18.2 Å². The van der Waals surface area contributed by atoms with Gasteiger partial charge in [0.1, 0.15) is 0 Å². The summed E-state index contributed by atoms with van der Waals surface area (Å²) in [5.74, 6) is -0.923. The standard InChI is InChI=1S/C23H26N2O2/c1-14-10-21-19(16(3)12-23(4,5)25(21)6)11-18(14)13-24-20-8-7-17(22(26)27)9-15(20)2/h7-13H,1-6H3,(H,26,27). The molecule has 4 heteroatoms. The summed E-state index contributed by atoms with van der Waals surface area (Å²) in [6.07, 6.45) is 4.16. The van der Waals surface area contributed by atoms with Gasteiger partial charge in [-0.05, 0) is 87.2 Å². The van der Waals surface area contributed by atoms with E-state index in [1.165, 1.54) is 16.8 Å². The van der Waals surface area contributed by atoms with E-state index in [1.807, 2.05) is 13.1 Å². The summed E-state index contributed by atoms with van der Waals surface area (Å²) >= 11 is 0. The quantitative estimate of drug-likeness (QED) is 0.745. The third kappa shape index (κ3) is 3.52. The lowest BCUT2D eigenvalue weighted by Gasteiger charge is -2.41. The van der Waals surface area contributed by atoms with Gasteiger partial charge in [0.05, 0.1) is 16.8 Å². The molecule has 0 aliphatic carbocycles. The van der Waals surface area contributed by atoms with Gasteiger partial charge in [0.25, 0.3) is 0 Å². The minimum Gasteiger partial charge on any atom is -0.478 e. The van der Waals surface area contributed by atoms with Crippen LogP contribution in [0.25, 0.3) is 5.57 Å². The van der Waals surface area contributed by atoms with E-state index in [0.717, 1.165) is 22.4 Å². The number of aliphatic imine (C=N–C) groups is 1. The fourth-order valence-electron chi connectivity index (χ4n) is 3.53. The highest BCUT2D eigenvalue weighted by atomic mass is 16.4. The van der Waals surface area contributed by atoms with E-state index < -0.39 is 5.97 Å². The van der Waals surface area contributed by atoms with Gasteiger partial charge in [-0.3, -0.25) is 4.99 Å². The maximum atomic E-state index is 11.1. The van der Waals surface area contributed by atoms with Crippen LogP contribution in [0.4, 0.5) is 11.4 Å². The summed E-state index contributed by atoms with van der Waals surface area (Å²) in [6, 6.07) is 9.40. The van der Waals surface area contributed by atoms with Gasteiger partial charge in [-0.15, -0.1) is 0 Å². The molecule has 2 aromatic rings. The van der Waals surface area contributed by atoms with Crippen molar-refractivity contribution in [3.63, 3.8) is 0 Å². The van der Waals surface area contributed by atoms with E-state index in [2.05, 4.69) is 62.8 Å². The van der Waals surface area contributed by atoms with E-state index in [0.29, 0.717) is 0 Å². The molecule has 0 bridgehead atoms. The molecule has 0 saturated carbocycles. The highest BCUT2D eigenvalue weighted by Gasteiger charge is 2.28. The van der Waals surface area contributed by atoms with Crippen LogP contribution in [-0.2, 0) is 0 Å². The van der Waals surface area contributed by atoms with Crippen LogP contribution >= 0.6 is 0 Å². The van der Waals surface area contributed by atoms with Gasteiger partial charge in [-0.1, -0.05) is 6.08 Å². The number of hydrogen-bond acceptors (Lipinski definition) is 3. The van der Waals surface area contributed by atoms with Crippen LogP contribution in [0.15, 0.2) is 41.4 Å². The van der Waals surface area contributed by atoms with Crippen LogP contribution < -0.4 is 4.90 Å². The Balaban J connectivity index is 1.99. The van der Waals surface area contributed by atoms with Gasteiger partial charge in [0.2, 0.25) is 0 Å². The number of carboxylic acid groups (broad SMARTS) is 1. The number of aromatic carboxylic acids is 1. The second-order valence-electron chi connectivity index (χ2n) is 7.83. The number of carbonyl (C=O) groups is 1. The summed E-state index contributed by atoms with van der Waals surface area (Å²) < 4.78 is 0. The van der Waals surface area contributed by atoms with Crippen molar-refractivity contribution >= 4 is 29.1 Å². The Hall–Kier alpha value is -2.88. The average molecular weight is 362 g/mol. The number of hydrogen-bond donors (Lipinski definition) is 1. The topological polar surface area (TPSA) is 52.9 Å². The largest absolute Gasteiger partial charge is 0.478 e. The number of benzene rings is 2. The van der Waals surface area contributed by atoms with Crippen molar-refractivity contribution in [1.29, 1.82) is 0 Å². The minimum absolute atomic E-state index is 0.0118. The van der Waals surface area contributed by atoms with Crippen LogP contribution in [0.2, 0.25) is 0 Å². The zero-order chi connectivity index (χ0) is 19.9. The Morgan fingerprint density at radius 3 is 2.44 bits per heavy atom. The summed E-state index contributed by atoms with van der Waals surface area (Å²) in [5, 5.41) is 9.09. The van der Waals surface area contributed by atoms with Crippen molar-refractivity contribution in [2.45, 2.75) is 40.2 Å². The van der Waals surface area contributed by atoms with Crippen LogP contribution in [-0.4, -0.2) is 29.9 Å². The van der Waals surface area contributed by atoms with Crippen LogP contribution in [0, 0.1) is 13.8 Å². The van der Waals surface area contributed by atoms with Crippen molar-refractivity contribution in [2.24, 2.45) is 4.99 Å². The lowest BCUT2D eigenvalue weighted by molar-refractivity contribution is 0.0697. The highest BCUT2D eigenvalue weighted by Crippen LogP contribution is 2.39. The number of fused-ring (bicyclic) bond motifs is 1. The maximum absolute atomic E-state index is 11.1. The number of nitrogens with zero attached hydrogens (tertiary/aromatic N) is 2. The van der Waals surface area contributed by atoms with Gasteiger partial charge in [0.15, 0.2) is 0 Å². The first-order valence-electron chi connectivity index (χ1n) is 9.06. The van der Waals surface area contributed by atoms with Crippen molar-refractivity contribution < 1.29 is 9.90 Å². The van der Waals surface area contributed by atoms with Crippen molar-refractivity contribution in [2.75, 3.05) is 11.9 Å². The maximum Gasteiger partial charge on any atom is 0.335 e. The molecule has 0 unspecified atom stereocenters. The molecule has 1 aliphatic heterocycles. The molecule has 4 nitrogen and oxygen atoms in total. The second kappa shape index (κ2) is 6.69. The smallest absolute Gasteiger partial charge is 0.335 e. The van der Waals surface area contributed by atoms with Crippen LogP contribution in [0.5, 0.6) is 0 Å². The number of aryl methyl sites for hydroxylation is 2. The highest BCUT2D eigenvalue weighted by molar-refractivity contribution is 5.91. The van der Waals surface area contributed by atoms with Gasteiger partial charge in [0, 0.05) is 24.5 Å². The summed E-state index contributed by atoms with van der Waals surface area (Å²) in [4.78, 5) is 18.0. The van der Waals surface area contributed by atoms with Gasteiger partial charge in [-0.2, -0.15) is 0 Å². The monoisotopic (exact) mass is 362 g/mol. The molecule has 0 aromatic heterocycles. The Labute approximate surface area is 160 Å². The molecule has 0 amide bonds. The van der Waals surface area contributed by atoms with Crippen LogP contribution in [0.3, 0.4) is 0 Å². The summed E-state index contributed by atoms with van der Waals surface area (Å²) in [6.45, 7) is 10.6. The first kappa shape index (κ1) is 18.9. The molecule has 0 radical (unpaired) electrons. The first-order valence-corrected chi connectivity index (χ1v) is 9.06. The molecule has 1 N–H and O–H groups in total. The summed E-state index contributed by atoms with van der Waals surface area (Å²) in [7, 11) is 2.13. The van der Waals surface area contributed by atoms with Crippen molar-refractivity contribution in [3.05, 3.63) is 64.2 Å². The normalized spacial score (nSPS) is 15.6. The summed E-state index contributed by atoms with van der Waals surface area (Å²) in [5.41, 5.74) is 7.85. The SMILES string of the molecule is CC1=CC(C)(C)N(C)c2cc(C)c(C=Nc3ccc(C(=O)O)cc3C)cc21. The zero-order valence-corrected chi connectivity index (χ0v) is 16.8. The van der Waals surface area contributed by atoms with Gasteiger partial charge < -0.3 is 10.0 Å². The molecule has 1 heterocycles. The number of likely N-dealkylation sites (N-methyl/N-ethyl adjacent to an activating group) is 1. The molecule has 0 spiro atoms. The number of anilines is 1. The fourth-order valence-corrected chi connectivity index (χ4v) is 3.53. The van der Waals surface area contributed by atoms with Gasteiger partial charge in [-0.25, -0.2) is 4.79 Å². The molecule has 2 aromatic carbocycles. The minimum atomic E-state index is -0.923. The zero-order valence-electron chi connectivity index (χ0n) is 16.8. The molecule has 140 valence electrons. The van der Waals surface area contributed by atoms with E-state index in [9.17, 15) is 4.79 Å². The fraction of sp³-hybridized carbons (Fsp3) is 0.304. The molecule has 27 heavy (non-hydrogen) atoms.